The molecule has 0 saturated heterocycles. The van der Waals surface area contributed by atoms with Gasteiger partial charge in [0.1, 0.15) is 0 Å². The lowest BCUT2D eigenvalue weighted by Crippen LogP contribution is -2.20. The van der Waals surface area contributed by atoms with Crippen LogP contribution < -0.4 is 0 Å². The summed E-state index contributed by atoms with van der Waals surface area (Å²) in [5, 5.41) is 19.1. The second-order valence-electron chi connectivity index (χ2n) is 6.06. The first-order chi connectivity index (χ1) is 11.6. The Morgan fingerprint density at radius 3 is 2.29 bits per heavy atom. The molecule has 0 aliphatic carbocycles. The van der Waals surface area contributed by atoms with Crippen molar-refractivity contribution >= 4 is 0 Å². The van der Waals surface area contributed by atoms with Crippen LogP contribution in [0.25, 0.3) is 22.5 Å². The van der Waals surface area contributed by atoms with Crippen LogP contribution in [0.2, 0.25) is 0 Å². The summed E-state index contributed by atoms with van der Waals surface area (Å²) in [5.74, 6) is 0. The average molecular weight is 322 g/mol. The van der Waals surface area contributed by atoms with Crippen molar-refractivity contribution in [3.63, 3.8) is 0 Å². The highest BCUT2D eigenvalue weighted by atomic mass is 16.3. The minimum atomic E-state index is -0.814. The second kappa shape index (κ2) is 6.99. The number of hydrogen-bond donors (Lipinski definition) is 2. The summed E-state index contributed by atoms with van der Waals surface area (Å²) in [6.07, 6.45) is 0.925. The largest absolute Gasteiger partial charge is 0.394 e. The molecule has 0 aliphatic rings. The van der Waals surface area contributed by atoms with Gasteiger partial charge < -0.3 is 14.8 Å². The van der Waals surface area contributed by atoms with E-state index in [1.807, 2.05) is 41.0 Å². The Morgan fingerprint density at radius 1 is 1.00 bits per heavy atom. The normalized spacial score (nSPS) is 12.3. The maximum Gasteiger partial charge on any atom is 0.0963 e. The number of aryl methyl sites for hydroxylation is 2. The summed E-state index contributed by atoms with van der Waals surface area (Å²) in [6.45, 7) is 4.19. The molecule has 0 unspecified atom stereocenters. The maximum absolute atomic E-state index is 9.90. The van der Waals surface area contributed by atoms with Gasteiger partial charge in [0.05, 0.1) is 37.0 Å². The second-order valence-corrected chi connectivity index (χ2v) is 6.06. The molecule has 0 radical (unpaired) electrons. The fraction of sp³-hybridized carbons (Fsp3) is 0.250. The molecule has 0 bridgehead atoms. The molecule has 0 fully saturated rings. The van der Waals surface area contributed by atoms with Crippen molar-refractivity contribution in [2.75, 3.05) is 6.61 Å². The van der Waals surface area contributed by atoms with Crippen LogP contribution in [0, 0.1) is 13.8 Å². The third-order valence-corrected chi connectivity index (χ3v) is 4.22. The third kappa shape index (κ3) is 3.11. The van der Waals surface area contributed by atoms with Crippen molar-refractivity contribution in [1.82, 2.24) is 9.55 Å². The molecule has 0 spiro atoms. The SMILES string of the molecule is Cc1cccc(C)c1-c1c(-c2ccccc2)ncn1C[C@H](O)CO. The van der Waals surface area contributed by atoms with Crippen LogP contribution in [-0.4, -0.2) is 32.5 Å². The van der Waals surface area contributed by atoms with Crippen LogP contribution in [0.15, 0.2) is 54.9 Å². The lowest BCUT2D eigenvalue weighted by atomic mass is 9.96. The van der Waals surface area contributed by atoms with E-state index in [9.17, 15) is 10.2 Å². The summed E-state index contributed by atoms with van der Waals surface area (Å²) in [7, 11) is 0. The number of rotatable bonds is 5. The van der Waals surface area contributed by atoms with Gasteiger partial charge in [-0.05, 0) is 25.0 Å². The zero-order valence-corrected chi connectivity index (χ0v) is 14.0. The molecule has 4 heteroatoms. The molecule has 1 heterocycles. The molecule has 3 rings (SSSR count). The highest BCUT2D eigenvalue weighted by Crippen LogP contribution is 2.35. The van der Waals surface area contributed by atoms with Crippen LogP contribution in [0.3, 0.4) is 0 Å². The third-order valence-electron chi connectivity index (χ3n) is 4.22. The summed E-state index contributed by atoms with van der Waals surface area (Å²) in [4.78, 5) is 4.60. The first kappa shape index (κ1) is 16.4. The molecule has 4 nitrogen and oxygen atoms in total. The van der Waals surface area contributed by atoms with Crippen molar-refractivity contribution in [2.24, 2.45) is 0 Å². The predicted molar refractivity (Wildman–Crippen MR) is 95.7 cm³/mol. The maximum atomic E-state index is 9.90. The number of benzene rings is 2. The number of aliphatic hydroxyl groups is 2. The van der Waals surface area contributed by atoms with E-state index in [2.05, 4.69) is 31.0 Å². The Labute approximate surface area is 142 Å². The van der Waals surface area contributed by atoms with Gasteiger partial charge >= 0.3 is 0 Å². The fourth-order valence-corrected chi connectivity index (χ4v) is 3.06. The summed E-state index contributed by atoms with van der Waals surface area (Å²) in [5.41, 5.74) is 6.34. The summed E-state index contributed by atoms with van der Waals surface area (Å²) < 4.78 is 1.93. The van der Waals surface area contributed by atoms with Crippen LogP contribution in [0.1, 0.15) is 11.1 Å². The Hall–Kier alpha value is -2.43. The van der Waals surface area contributed by atoms with E-state index in [1.54, 1.807) is 6.33 Å². The Bertz CT molecular complexity index is 805. The van der Waals surface area contributed by atoms with E-state index in [4.69, 9.17) is 0 Å². The molecule has 1 atom stereocenters. The lowest BCUT2D eigenvalue weighted by molar-refractivity contribution is 0.0815. The van der Waals surface area contributed by atoms with Gasteiger partial charge in [0.2, 0.25) is 0 Å². The average Bonchev–Trinajstić information content (AvgIpc) is 2.99. The van der Waals surface area contributed by atoms with E-state index < -0.39 is 6.10 Å². The molecule has 0 aliphatic heterocycles. The summed E-state index contributed by atoms with van der Waals surface area (Å²) in [6, 6.07) is 16.2. The van der Waals surface area contributed by atoms with Crippen molar-refractivity contribution < 1.29 is 10.2 Å². The van der Waals surface area contributed by atoms with Crippen molar-refractivity contribution in [1.29, 1.82) is 0 Å². The summed E-state index contributed by atoms with van der Waals surface area (Å²) >= 11 is 0. The van der Waals surface area contributed by atoms with Gasteiger partial charge in [0.15, 0.2) is 0 Å². The number of aliphatic hydroxyl groups excluding tert-OH is 2. The van der Waals surface area contributed by atoms with Gasteiger partial charge in [-0.25, -0.2) is 4.98 Å². The highest BCUT2D eigenvalue weighted by molar-refractivity contribution is 5.81. The number of hydrogen-bond acceptors (Lipinski definition) is 3. The van der Waals surface area contributed by atoms with E-state index in [1.165, 1.54) is 0 Å². The smallest absolute Gasteiger partial charge is 0.0963 e. The monoisotopic (exact) mass is 322 g/mol. The Kier molecular flexibility index (Phi) is 4.79. The van der Waals surface area contributed by atoms with Gasteiger partial charge in [-0.15, -0.1) is 0 Å². The number of aromatic nitrogens is 2. The van der Waals surface area contributed by atoms with Crippen LogP contribution >= 0.6 is 0 Å². The minimum absolute atomic E-state index is 0.273. The van der Waals surface area contributed by atoms with E-state index in [-0.39, 0.29) is 6.61 Å². The fourth-order valence-electron chi connectivity index (χ4n) is 3.06. The minimum Gasteiger partial charge on any atom is -0.394 e. The van der Waals surface area contributed by atoms with Crippen LogP contribution in [-0.2, 0) is 6.54 Å². The molecule has 3 aromatic rings. The topological polar surface area (TPSA) is 58.3 Å². The molecule has 0 saturated carbocycles. The molecule has 0 amide bonds. The Morgan fingerprint density at radius 2 is 1.67 bits per heavy atom. The van der Waals surface area contributed by atoms with Crippen molar-refractivity contribution in [2.45, 2.75) is 26.5 Å². The lowest BCUT2D eigenvalue weighted by Gasteiger charge is -2.17. The van der Waals surface area contributed by atoms with Gasteiger partial charge in [-0.1, -0.05) is 48.5 Å². The molecule has 24 heavy (non-hydrogen) atoms. The highest BCUT2D eigenvalue weighted by Gasteiger charge is 2.19. The molecule has 2 N–H and O–H groups in total. The van der Waals surface area contributed by atoms with E-state index >= 15 is 0 Å². The van der Waals surface area contributed by atoms with Crippen LogP contribution in [0.5, 0.6) is 0 Å². The predicted octanol–water partition coefficient (Wildman–Crippen LogP) is 3.19. The van der Waals surface area contributed by atoms with E-state index in [0.29, 0.717) is 6.54 Å². The number of nitrogens with zero attached hydrogens (tertiary/aromatic N) is 2. The van der Waals surface area contributed by atoms with E-state index in [0.717, 1.165) is 33.6 Å². The van der Waals surface area contributed by atoms with Crippen LogP contribution in [0.4, 0.5) is 0 Å². The molecule has 124 valence electrons. The van der Waals surface area contributed by atoms with Gasteiger partial charge in [-0.3, -0.25) is 0 Å². The Balaban J connectivity index is 2.22. The first-order valence-electron chi connectivity index (χ1n) is 8.08. The molecule has 2 aromatic carbocycles. The van der Waals surface area contributed by atoms with Crippen molar-refractivity contribution in [3.8, 4) is 22.5 Å². The van der Waals surface area contributed by atoms with Gasteiger partial charge in [0.25, 0.3) is 0 Å². The van der Waals surface area contributed by atoms with Crippen molar-refractivity contribution in [3.05, 3.63) is 66.0 Å². The standard InChI is InChI=1S/C20H22N2O2/c1-14-7-6-8-15(2)18(14)20-19(16-9-4-3-5-10-16)21-13-22(20)11-17(24)12-23/h3-10,13,17,23-24H,11-12H2,1-2H3/t17-/m0/s1. The molecular formula is C20H22N2O2. The zero-order chi connectivity index (χ0) is 17.1. The first-order valence-corrected chi connectivity index (χ1v) is 8.08. The molecular weight excluding hydrogens is 300 g/mol. The van der Waals surface area contributed by atoms with Gasteiger partial charge in [-0.2, -0.15) is 0 Å². The number of imidazole rings is 1. The zero-order valence-electron chi connectivity index (χ0n) is 14.0. The van der Waals surface area contributed by atoms with Gasteiger partial charge in [0, 0.05) is 11.1 Å². The molecule has 1 aromatic heterocycles. The quantitative estimate of drug-likeness (QED) is 0.758.